The number of ether oxygens (including phenoxy) is 2. The van der Waals surface area contributed by atoms with Crippen LogP contribution < -0.4 is 15.0 Å². The zero-order chi connectivity index (χ0) is 27.5. The van der Waals surface area contributed by atoms with Gasteiger partial charge in [0.15, 0.2) is 0 Å². The molecule has 40 heavy (non-hydrogen) atoms. The number of H-pyrrole nitrogens is 1. The molecule has 0 spiro atoms. The fourth-order valence-electron chi connectivity index (χ4n) is 5.76. The number of aromatic amines is 1. The lowest BCUT2D eigenvalue weighted by Crippen LogP contribution is -2.46. The van der Waals surface area contributed by atoms with Crippen molar-refractivity contribution in [2.24, 2.45) is 0 Å². The predicted molar refractivity (Wildman–Crippen MR) is 159 cm³/mol. The van der Waals surface area contributed by atoms with E-state index in [-0.39, 0.29) is 12.0 Å². The van der Waals surface area contributed by atoms with Gasteiger partial charge in [0.25, 0.3) is 0 Å². The number of aryl methyl sites for hydroxylation is 1. The Hall–Kier alpha value is -3.88. The monoisotopic (exact) mass is 539 g/mol. The van der Waals surface area contributed by atoms with Gasteiger partial charge in [-0.2, -0.15) is 5.10 Å². The third-order valence-electron chi connectivity index (χ3n) is 7.87. The van der Waals surface area contributed by atoms with E-state index in [9.17, 15) is 4.79 Å². The molecule has 0 unspecified atom stereocenters. The van der Waals surface area contributed by atoms with Crippen molar-refractivity contribution in [1.29, 1.82) is 0 Å². The molecule has 1 aromatic heterocycles. The number of hydrogen-bond acceptors (Lipinski definition) is 6. The van der Waals surface area contributed by atoms with Crippen LogP contribution >= 0.6 is 0 Å². The Labute approximate surface area is 235 Å². The number of benzene rings is 3. The Kier molecular flexibility index (Phi) is 7.71. The van der Waals surface area contributed by atoms with Crippen molar-refractivity contribution in [3.05, 3.63) is 71.9 Å². The number of nitrogens with zero attached hydrogens (tertiary/aromatic N) is 3. The Bertz CT molecular complexity index is 1470. The van der Waals surface area contributed by atoms with Gasteiger partial charge in [0.1, 0.15) is 11.9 Å². The highest BCUT2D eigenvalue weighted by Gasteiger charge is 2.22. The van der Waals surface area contributed by atoms with E-state index in [0.29, 0.717) is 0 Å². The van der Waals surface area contributed by atoms with Crippen LogP contribution in [0, 0.1) is 6.92 Å². The fraction of sp³-hybridized carbons (Fsp3) is 0.375. The number of carbonyl (C=O) groups excluding carboxylic acids is 1. The van der Waals surface area contributed by atoms with Crippen molar-refractivity contribution in [3.8, 4) is 16.9 Å². The van der Waals surface area contributed by atoms with Crippen LogP contribution in [-0.4, -0.2) is 66.5 Å². The summed E-state index contributed by atoms with van der Waals surface area (Å²) >= 11 is 0. The van der Waals surface area contributed by atoms with Crippen LogP contribution in [0.2, 0.25) is 0 Å². The van der Waals surface area contributed by atoms with E-state index in [1.54, 1.807) is 6.92 Å². The second-order valence-corrected chi connectivity index (χ2v) is 10.8. The second kappa shape index (κ2) is 11.7. The average Bonchev–Trinajstić information content (AvgIpc) is 3.35. The number of nitrogens with one attached hydrogen (secondary N) is 2. The van der Waals surface area contributed by atoms with E-state index in [4.69, 9.17) is 9.47 Å². The minimum atomic E-state index is -0.0720. The zero-order valence-corrected chi connectivity index (χ0v) is 23.3. The molecule has 0 atom stereocenters. The standard InChI is InChI=1S/C32H37N5O3/c1-22-32-29(35-34-22)18-26(20-31(32)40-27-10-16-39-17-11-27)25-8-9-28(33-23(2)38)30(19-25)37-14-12-36(13-15-37)21-24-6-4-3-5-7-24/h3-9,18-20,27H,10-17,21H2,1-2H3,(H,33,38)(H,34,35). The fourth-order valence-corrected chi connectivity index (χ4v) is 5.76. The number of rotatable bonds is 7. The van der Waals surface area contributed by atoms with E-state index in [1.807, 2.05) is 13.0 Å². The lowest BCUT2D eigenvalue weighted by atomic mass is 10.0. The summed E-state index contributed by atoms with van der Waals surface area (Å²) in [5.41, 5.74) is 7.20. The molecule has 8 heteroatoms. The summed E-state index contributed by atoms with van der Waals surface area (Å²) in [5, 5.41) is 11.8. The normalized spacial score (nSPS) is 16.8. The van der Waals surface area contributed by atoms with E-state index < -0.39 is 0 Å². The maximum Gasteiger partial charge on any atom is 0.221 e. The minimum absolute atomic E-state index is 0.0720. The molecule has 208 valence electrons. The maximum atomic E-state index is 12.1. The molecule has 0 saturated carbocycles. The summed E-state index contributed by atoms with van der Waals surface area (Å²) in [4.78, 5) is 16.9. The van der Waals surface area contributed by atoms with Crippen LogP contribution in [0.3, 0.4) is 0 Å². The highest BCUT2D eigenvalue weighted by molar-refractivity contribution is 5.95. The van der Waals surface area contributed by atoms with Crippen LogP contribution in [-0.2, 0) is 16.1 Å². The number of piperazine rings is 1. The highest BCUT2D eigenvalue weighted by Crippen LogP contribution is 2.38. The van der Waals surface area contributed by atoms with Crippen LogP contribution in [0.25, 0.3) is 22.0 Å². The lowest BCUT2D eigenvalue weighted by molar-refractivity contribution is -0.114. The van der Waals surface area contributed by atoms with Gasteiger partial charge >= 0.3 is 0 Å². The summed E-state index contributed by atoms with van der Waals surface area (Å²) in [6.07, 6.45) is 1.90. The molecule has 1 amide bonds. The molecule has 0 radical (unpaired) electrons. The molecule has 2 fully saturated rings. The van der Waals surface area contributed by atoms with Gasteiger partial charge in [0.2, 0.25) is 5.91 Å². The topological polar surface area (TPSA) is 82.7 Å². The van der Waals surface area contributed by atoms with Crippen molar-refractivity contribution in [2.45, 2.75) is 39.3 Å². The first-order chi connectivity index (χ1) is 19.5. The Morgan fingerprint density at radius 3 is 2.55 bits per heavy atom. The van der Waals surface area contributed by atoms with Crippen molar-refractivity contribution in [3.63, 3.8) is 0 Å². The molecule has 2 aliphatic heterocycles. The van der Waals surface area contributed by atoms with Crippen molar-refractivity contribution in [1.82, 2.24) is 15.1 Å². The smallest absolute Gasteiger partial charge is 0.221 e. The van der Waals surface area contributed by atoms with E-state index in [2.05, 4.69) is 79.9 Å². The summed E-state index contributed by atoms with van der Waals surface area (Å²) in [6, 6.07) is 21.1. The molecule has 3 heterocycles. The predicted octanol–water partition coefficient (Wildman–Crippen LogP) is 5.38. The maximum absolute atomic E-state index is 12.1. The van der Waals surface area contributed by atoms with Crippen LogP contribution in [0.1, 0.15) is 31.0 Å². The lowest BCUT2D eigenvalue weighted by Gasteiger charge is -2.37. The van der Waals surface area contributed by atoms with Gasteiger partial charge in [-0.3, -0.25) is 14.8 Å². The molecule has 4 aromatic rings. The number of hydrogen-bond donors (Lipinski definition) is 2. The summed E-state index contributed by atoms with van der Waals surface area (Å²) in [7, 11) is 0. The number of carbonyl (C=O) groups is 1. The van der Waals surface area contributed by atoms with Crippen LogP contribution in [0.4, 0.5) is 11.4 Å². The molecule has 2 saturated heterocycles. The van der Waals surface area contributed by atoms with Gasteiger partial charge in [-0.25, -0.2) is 0 Å². The van der Waals surface area contributed by atoms with Gasteiger partial charge < -0.3 is 19.7 Å². The first-order valence-corrected chi connectivity index (χ1v) is 14.2. The quantitative estimate of drug-likeness (QED) is 0.328. The van der Waals surface area contributed by atoms with Gasteiger partial charge in [-0.05, 0) is 47.9 Å². The Morgan fingerprint density at radius 2 is 1.80 bits per heavy atom. The summed E-state index contributed by atoms with van der Waals surface area (Å²) < 4.78 is 12.1. The van der Waals surface area contributed by atoms with Crippen LogP contribution in [0.15, 0.2) is 60.7 Å². The molecule has 0 aliphatic carbocycles. The number of aromatic nitrogens is 2. The second-order valence-electron chi connectivity index (χ2n) is 10.8. The Balaban J connectivity index is 1.29. The highest BCUT2D eigenvalue weighted by atomic mass is 16.5. The van der Waals surface area contributed by atoms with E-state index in [1.165, 1.54) is 5.56 Å². The SMILES string of the molecule is CC(=O)Nc1ccc(-c2cc(OC3CCOCC3)c3c(C)[nH]nc3c2)cc1N1CCN(Cc2ccccc2)CC1. The molecule has 2 aliphatic rings. The molecule has 0 bridgehead atoms. The molecular weight excluding hydrogens is 502 g/mol. The third-order valence-corrected chi connectivity index (χ3v) is 7.87. The zero-order valence-electron chi connectivity index (χ0n) is 23.3. The van der Waals surface area contributed by atoms with E-state index in [0.717, 1.165) is 104 Å². The summed E-state index contributed by atoms with van der Waals surface area (Å²) in [5.74, 6) is 0.782. The largest absolute Gasteiger partial charge is 0.489 e. The van der Waals surface area contributed by atoms with Gasteiger partial charge in [0, 0.05) is 58.2 Å². The third kappa shape index (κ3) is 5.83. The van der Waals surface area contributed by atoms with Crippen LogP contribution in [0.5, 0.6) is 5.75 Å². The number of amides is 1. The number of anilines is 2. The van der Waals surface area contributed by atoms with Crippen molar-refractivity contribution in [2.75, 3.05) is 49.6 Å². The number of fused-ring (bicyclic) bond motifs is 1. The van der Waals surface area contributed by atoms with Gasteiger partial charge in [-0.1, -0.05) is 36.4 Å². The first-order valence-electron chi connectivity index (χ1n) is 14.2. The average molecular weight is 540 g/mol. The first kappa shape index (κ1) is 26.3. The Morgan fingerprint density at radius 1 is 1.02 bits per heavy atom. The minimum Gasteiger partial charge on any atom is -0.489 e. The van der Waals surface area contributed by atoms with Crippen molar-refractivity contribution < 1.29 is 14.3 Å². The van der Waals surface area contributed by atoms with Gasteiger partial charge in [-0.15, -0.1) is 0 Å². The molecule has 8 nitrogen and oxygen atoms in total. The van der Waals surface area contributed by atoms with Crippen molar-refractivity contribution >= 4 is 28.2 Å². The summed E-state index contributed by atoms with van der Waals surface area (Å²) in [6.45, 7) is 9.69. The molecule has 2 N–H and O–H groups in total. The molecule has 3 aromatic carbocycles. The molecule has 6 rings (SSSR count). The van der Waals surface area contributed by atoms with Gasteiger partial charge in [0.05, 0.1) is 35.5 Å². The molecular formula is C32H37N5O3. The van der Waals surface area contributed by atoms with E-state index >= 15 is 0 Å².